The normalized spacial score (nSPS) is 10.9. The number of rotatable bonds is 7. The Hall–Kier alpha value is -3.34. The molecule has 1 heterocycles. The molecule has 0 saturated heterocycles. The van der Waals surface area contributed by atoms with Gasteiger partial charge in [0.15, 0.2) is 0 Å². The molecule has 138 valence electrons. The third-order valence-electron chi connectivity index (χ3n) is 4.08. The zero-order valence-corrected chi connectivity index (χ0v) is 15.3. The highest BCUT2D eigenvalue weighted by Crippen LogP contribution is 2.22. The summed E-state index contributed by atoms with van der Waals surface area (Å²) < 4.78 is 16.3. The molecule has 0 unspecified atom stereocenters. The molecule has 0 aliphatic carbocycles. The molecule has 0 saturated carbocycles. The van der Waals surface area contributed by atoms with Gasteiger partial charge in [0.1, 0.15) is 30.3 Å². The van der Waals surface area contributed by atoms with Gasteiger partial charge in [-0.05, 0) is 37.6 Å². The standard InChI is InChI=1S/C22H21NO4/c1-16-20(17(2)27-23-16)15-26-21-13-7-6-12-19(21)22(24)25-14-8-11-18-9-4-3-5-10-18/h3-13H,14-15H2,1-2H3/b11-8+. The van der Waals surface area contributed by atoms with E-state index in [1.54, 1.807) is 24.3 Å². The number of ether oxygens (including phenoxy) is 2. The zero-order valence-electron chi connectivity index (χ0n) is 15.3. The Morgan fingerprint density at radius 3 is 2.56 bits per heavy atom. The van der Waals surface area contributed by atoms with E-state index in [0.29, 0.717) is 17.1 Å². The van der Waals surface area contributed by atoms with E-state index in [4.69, 9.17) is 14.0 Å². The fraction of sp³-hybridized carbons (Fsp3) is 0.182. The molecule has 3 aromatic rings. The molecule has 2 aromatic carbocycles. The summed E-state index contributed by atoms with van der Waals surface area (Å²) in [5, 5.41) is 3.91. The number of carbonyl (C=O) groups is 1. The van der Waals surface area contributed by atoms with Gasteiger partial charge in [-0.2, -0.15) is 0 Å². The largest absolute Gasteiger partial charge is 0.488 e. The van der Waals surface area contributed by atoms with Crippen LogP contribution in [0.1, 0.15) is 32.9 Å². The van der Waals surface area contributed by atoms with Crippen molar-refractivity contribution in [2.24, 2.45) is 0 Å². The Kier molecular flexibility index (Phi) is 6.05. The maximum atomic E-state index is 12.4. The van der Waals surface area contributed by atoms with Crippen LogP contribution in [0.4, 0.5) is 0 Å². The maximum absolute atomic E-state index is 12.4. The zero-order chi connectivity index (χ0) is 19.1. The van der Waals surface area contributed by atoms with Crippen molar-refractivity contribution < 1.29 is 18.8 Å². The molecule has 0 aliphatic rings. The summed E-state index contributed by atoms with van der Waals surface area (Å²) in [5.41, 5.74) is 3.09. The topological polar surface area (TPSA) is 61.6 Å². The Bertz CT molecular complexity index is 909. The molecule has 0 bridgehead atoms. The van der Waals surface area contributed by atoms with Crippen LogP contribution in [0, 0.1) is 13.8 Å². The number of aryl methyl sites for hydroxylation is 2. The fourth-order valence-electron chi connectivity index (χ4n) is 2.57. The minimum atomic E-state index is -0.429. The second-order valence-corrected chi connectivity index (χ2v) is 6.00. The van der Waals surface area contributed by atoms with Gasteiger partial charge < -0.3 is 14.0 Å². The molecule has 0 atom stereocenters. The number of para-hydroxylation sites is 1. The highest BCUT2D eigenvalue weighted by Gasteiger charge is 2.15. The SMILES string of the molecule is Cc1noc(C)c1COc1ccccc1C(=O)OC/C=C/c1ccccc1. The number of nitrogens with zero attached hydrogens (tertiary/aromatic N) is 1. The molecule has 27 heavy (non-hydrogen) atoms. The van der Waals surface area contributed by atoms with Crippen LogP contribution in [0.3, 0.4) is 0 Å². The summed E-state index contributed by atoms with van der Waals surface area (Å²) >= 11 is 0. The minimum Gasteiger partial charge on any atom is -0.488 e. The molecule has 0 fully saturated rings. The molecule has 0 spiro atoms. The molecule has 0 aliphatic heterocycles. The lowest BCUT2D eigenvalue weighted by Gasteiger charge is -2.10. The Morgan fingerprint density at radius 1 is 1.07 bits per heavy atom. The maximum Gasteiger partial charge on any atom is 0.342 e. The number of aromatic nitrogens is 1. The smallest absolute Gasteiger partial charge is 0.342 e. The summed E-state index contributed by atoms with van der Waals surface area (Å²) in [7, 11) is 0. The van der Waals surface area contributed by atoms with Gasteiger partial charge in [-0.1, -0.05) is 53.7 Å². The summed E-state index contributed by atoms with van der Waals surface area (Å²) in [6.45, 7) is 4.15. The van der Waals surface area contributed by atoms with Crippen molar-refractivity contribution >= 4 is 12.0 Å². The third-order valence-corrected chi connectivity index (χ3v) is 4.08. The monoisotopic (exact) mass is 363 g/mol. The van der Waals surface area contributed by atoms with E-state index in [1.165, 1.54) is 0 Å². The average Bonchev–Trinajstić information content (AvgIpc) is 3.02. The van der Waals surface area contributed by atoms with Crippen molar-refractivity contribution in [3.05, 3.63) is 88.8 Å². The van der Waals surface area contributed by atoms with Crippen LogP contribution in [0.15, 0.2) is 65.2 Å². The Labute approximate surface area is 158 Å². The number of benzene rings is 2. The predicted octanol–water partition coefficient (Wildman–Crippen LogP) is 4.74. The number of hydrogen-bond donors (Lipinski definition) is 0. The Morgan fingerprint density at radius 2 is 1.81 bits per heavy atom. The molecule has 0 amide bonds. The summed E-state index contributed by atoms with van der Waals surface area (Å²) in [6, 6.07) is 16.9. The summed E-state index contributed by atoms with van der Waals surface area (Å²) in [4.78, 5) is 12.4. The van der Waals surface area contributed by atoms with Crippen molar-refractivity contribution in [2.45, 2.75) is 20.5 Å². The number of hydrogen-bond acceptors (Lipinski definition) is 5. The van der Waals surface area contributed by atoms with Gasteiger partial charge >= 0.3 is 5.97 Å². The molecule has 1 aromatic heterocycles. The quantitative estimate of drug-likeness (QED) is 0.567. The third kappa shape index (κ3) is 4.85. The summed E-state index contributed by atoms with van der Waals surface area (Å²) in [6.07, 6.45) is 3.72. The van der Waals surface area contributed by atoms with Crippen LogP contribution >= 0.6 is 0 Å². The predicted molar refractivity (Wildman–Crippen MR) is 103 cm³/mol. The lowest BCUT2D eigenvalue weighted by molar-refractivity contribution is 0.0545. The van der Waals surface area contributed by atoms with Crippen molar-refractivity contribution in [1.82, 2.24) is 5.16 Å². The van der Waals surface area contributed by atoms with Crippen molar-refractivity contribution in [1.29, 1.82) is 0 Å². The highest BCUT2D eigenvalue weighted by atomic mass is 16.5. The second kappa shape index (κ2) is 8.85. The van der Waals surface area contributed by atoms with Crippen LogP contribution in [0.2, 0.25) is 0 Å². The van der Waals surface area contributed by atoms with E-state index in [-0.39, 0.29) is 13.2 Å². The molecule has 5 nitrogen and oxygen atoms in total. The number of esters is 1. The fourth-order valence-corrected chi connectivity index (χ4v) is 2.57. The second-order valence-electron chi connectivity index (χ2n) is 6.00. The van der Waals surface area contributed by atoms with E-state index in [0.717, 1.165) is 16.8 Å². The molecule has 0 N–H and O–H groups in total. The van der Waals surface area contributed by atoms with E-state index in [9.17, 15) is 4.79 Å². The lowest BCUT2D eigenvalue weighted by atomic mass is 10.2. The molecular formula is C22H21NO4. The van der Waals surface area contributed by atoms with E-state index >= 15 is 0 Å². The first-order chi connectivity index (χ1) is 13.1. The first kappa shape index (κ1) is 18.5. The van der Waals surface area contributed by atoms with Crippen molar-refractivity contribution in [3.63, 3.8) is 0 Å². The van der Waals surface area contributed by atoms with Gasteiger partial charge in [-0.3, -0.25) is 0 Å². The van der Waals surface area contributed by atoms with Crippen molar-refractivity contribution in [3.8, 4) is 5.75 Å². The van der Waals surface area contributed by atoms with Crippen LogP contribution in [0.5, 0.6) is 5.75 Å². The summed E-state index contributed by atoms with van der Waals surface area (Å²) in [5.74, 6) is 0.746. The molecule has 3 rings (SSSR count). The van der Waals surface area contributed by atoms with E-state index in [2.05, 4.69) is 5.16 Å². The minimum absolute atomic E-state index is 0.186. The van der Waals surface area contributed by atoms with Gasteiger partial charge in [0.25, 0.3) is 0 Å². The number of carbonyl (C=O) groups excluding carboxylic acids is 1. The molecule has 5 heteroatoms. The first-order valence-corrected chi connectivity index (χ1v) is 8.67. The lowest BCUT2D eigenvalue weighted by Crippen LogP contribution is -2.08. The van der Waals surface area contributed by atoms with E-state index < -0.39 is 5.97 Å². The Balaban J connectivity index is 1.61. The van der Waals surface area contributed by atoms with Crippen LogP contribution < -0.4 is 4.74 Å². The van der Waals surface area contributed by atoms with Gasteiger partial charge in [-0.25, -0.2) is 4.79 Å². The average molecular weight is 363 g/mol. The van der Waals surface area contributed by atoms with E-state index in [1.807, 2.05) is 56.3 Å². The van der Waals surface area contributed by atoms with Crippen LogP contribution in [-0.2, 0) is 11.3 Å². The molecular weight excluding hydrogens is 342 g/mol. The molecule has 0 radical (unpaired) electrons. The van der Waals surface area contributed by atoms with Gasteiger partial charge in [-0.15, -0.1) is 0 Å². The van der Waals surface area contributed by atoms with Gasteiger partial charge in [0.2, 0.25) is 0 Å². The van der Waals surface area contributed by atoms with Crippen LogP contribution in [0.25, 0.3) is 6.08 Å². The van der Waals surface area contributed by atoms with Gasteiger partial charge in [0.05, 0.1) is 11.3 Å². The highest BCUT2D eigenvalue weighted by molar-refractivity contribution is 5.92. The van der Waals surface area contributed by atoms with Crippen molar-refractivity contribution in [2.75, 3.05) is 6.61 Å². The van der Waals surface area contributed by atoms with Crippen LogP contribution in [-0.4, -0.2) is 17.7 Å². The van der Waals surface area contributed by atoms with Gasteiger partial charge in [0, 0.05) is 0 Å². The first-order valence-electron chi connectivity index (χ1n) is 8.67.